The van der Waals surface area contributed by atoms with Gasteiger partial charge in [0.25, 0.3) is 11.8 Å². The van der Waals surface area contributed by atoms with E-state index in [0.717, 1.165) is 43.4 Å². The van der Waals surface area contributed by atoms with Gasteiger partial charge in [0.15, 0.2) is 34.7 Å². The number of unbranched alkanes of at least 4 members (excludes halogenated alkanes) is 1. The summed E-state index contributed by atoms with van der Waals surface area (Å²) in [5, 5.41) is 114. The molecule has 135 heavy (non-hydrogen) atoms. The fourth-order valence-corrected chi connectivity index (χ4v) is 16.5. The largest absolute Gasteiger partial charge is 0.508 e. The van der Waals surface area contributed by atoms with Crippen molar-refractivity contribution >= 4 is 129 Å². The topological polar surface area (TPSA) is 649 Å². The Morgan fingerprint density at radius 3 is 1.42 bits per heavy atom. The van der Waals surface area contributed by atoms with E-state index in [-0.39, 0.29) is 91.5 Å². The van der Waals surface area contributed by atoms with Crippen LogP contribution in [0.3, 0.4) is 0 Å². The molecule has 0 radical (unpaired) electrons. The summed E-state index contributed by atoms with van der Waals surface area (Å²) in [6.07, 6.45) is -7.74. The van der Waals surface area contributed by atoms with Gasteiger partial charge in [-0.2, -0.15) is 0 Å². The number of benzene rings is 3. The van der Waals surface area contributed by atoms with Crippen molar-refractivity contribution < 1.29 is 142 Å². The van der Waals surface area contributed by atoms with Crippen LogP contribution in [0.5, 0.6) is 11.5 Å². The molecule has 1 aliphatic carbocycles. The van der Waals surface area contributed by atoms with E-state index in [2.05, 4.69) is 42.5 Å². The zero-order valence-corrected chi connectivity index (χ0v) is 78.2. The molecule has 0 fully saturated rings. The number of hydrogen-bond acceptors (Lipinski definition) is 28. The summed E-state index contributed by atoms with van der Waals surface area (Å²) in [4.78, 5) is 274. The highest BCUT2D eigenvalue weighted by Gasteiger charge is 2.43. The van der Waals surface area contributed by atoms with Gasteiger partial charge < -0.3 is 94.2 Å². The predicted octanol–water partition coefficient (Wildman–Crippen LogP) is 2.07. The summed E-state index contributed by atoms with van der Waals surface area (Å²) >= 11 is 0.885. The number of aliphatic hydroxyl groups is 4. The van der Waals surface area contributed by atoms with E-state index < -0.39 is 292 Å². The van der Waals surface area contributed by atoms with Crippen LogP contribution >= 0.6 is 11.8 Å². The number of aliphatic hydroxyl groups excluding tert-OH is 4. The van der Waals surface area contributed by atoms with Crippen LogP contribution in [0.15, 0.2) is 90.0 Å². The Balaban J connectivity index is 1.28. The number of carbonyl (C=O) groups is 20. The summed E-state index contributed by atoms with van der Waals surface area (Å²) in [6.45, 7) is 8.00. The molecule has 1 aliphatic heterocycles. The molecular weight excluding hydrogens is 1780 g/mol. The van der Waals surface area contributed by atoms with Crippen molar-refractivity contribution in [1.82, 2.24) is 47.4 Å². The molecule has 5 rings (SSSR count). The van der Waals surface area contributed by atoms with E-state index in [9.17, 15) is 142 Å². The lowest BCUT2D eigenvalue weighted by molar-refractivity contribution is -0.143. The van der Waals surface area contributed by atoms with Crippen LogP contribution in [-0.2, 0) is 115 Å². The van der Waals surface area contributed by atoms with Gasteiger partial charge in [0.1, 0.15) is 23.3 Å². The minimum absolute atomic E-state index is 0.0228. The van der Waals surface area contributed by atoms with E-state index in [4.69, 9.17) is 5.73 Å². The van der Waals surface area contributed by atoms with E-state index in [1.165, 1.54) is 48.5 Å². The standard InChI is InChI=1S/C95H132N10O29S/c1-8-53(4)86(81(118)41-61(35-58-21-26-65(110)27-22-58)89(128)100-73(34-52(2)3)77(114)39-62(43-84(122)123)88(127)99-54(5)16-14-15-31-96)104-91(130)64(48-106)42-78(115)74(37-59-23-28-66(111)29-24-59)101-90(129)63(44-85(124)125)40-79(116)76(49-107)103-93(132)72(56(7)109)46-80(117)75(36-57-17-10-9-11-18-57)102-92(131)71(55(6)108)45-67(112)47-98-87(126)60(25-30-83(120)121)38-68(113)50-135-51-82(119)97-32-33-105-94(133)69-19-12-13-20-70(69)95(105)134/h9-11,17-18,21-24,26-29,52-56,60-64,71-76,86,106-111H,8,12-16,19-20,25,30-51,96H2,1-7H3,(H,97,119)(H,98,126)(H,99,127)(H,100,128)(H,101,129)(H,102,131)(H,103,132)(H,104,130)(H,120,121)(H,122,123)(H,124,125)/t53-,54+,55+,56+,60+,61+,62-,63-,64-,71-,72-,73-,74-,75-,76-,86-/m0/s1. The molecule has 2 aliphatic rings. The molecule has 0 bridgehead atoms. The summed E-state index contributed by atoms with van der Waals surface area (Å²) in [5.41, 5.74) is 7.75. The number of Topliss-reactive ketones (excluding diaryl/α,β-unsaturated/α-hetero) is 7. The molecule has 1 heterocycles. The molecule has 0 unspecified atom stereocenters. The summed E-state index contributed by atoms with van der Waals surface area (Å²) in [7, 11) is 0. The molecule has 10 amide bonds. The second-order valence-corrected chi connectivity index (χ2v) is 36.4. The molecule has 0 spiro atoms. The van der Waals surface area contributed by atoms with Crippen LogP contribution in [0.4, 0.5) is 0 Å². The minimum Gasteiger partial charge on any atom is -0.508 e. The highest BCUT2D eigenvalue weighted by atomic mass is 32.2. The van der Waals surface area contributed by atoms with Crippen LogP contribution in [0.1, 0.15) is 194 Å². The van der Waals surface area contributed by atoms with E-state index in [1.807, 2.05) is 0 Å². The first-order valence-electron chi connectivity index (χ1n) is 45.6. The Kier molecular flexibility index (Phi) is 48.6. The molecule has 3 aromatic rings. The lowest BCUT2D eigenvalue weighted by atomic mass is 9.85. The minimum atomic E-state index is -2.00. The van der Waals surface area contributed by atoms with Crippen LogP contribution in [0, 0.1) is 53.3 Å². The van der Waals surface area contributed by atoms with Crippen molar-refractivity contribution in [3.05, 3.63) is 107 Å². The molecule has 40 heteroatoms. The Morgan fingerprint density at radius 1 is 0.444 bits per heavy atom. The molecule has 16 atom stereocenters. The molecule has 39 nitrogen and oxygen atoms in total. The van der Waals surface area contributed by atoms with Crippen molar-refractivity contribution in [2.75, 3.05) is 50.9 Å². The number of ketones is 7. The molecule has 0 saturated heterocycles. The van der Waals surface area contributed by atoms with Gasteiger partial charge in [-0.1, -0.05) is 95.1 Å². The SMILES string of the molecule is CC[C@H](C)[C@H](NC(=O)[C@H](CO)CC(=O)[C@H](Cc1ccc(O)cc1)NC(=O)[C@H](CC(=O)O)CC(=O)[C@H](CO)NC(=O)[C@@H](CC(=O)[C@H](Cc1ccccc1)NC(=O)[C@@H](CC(=O)CNC(=O)[C@H](CCC(=O)O)CC(=O)CSCC(=O)NCCN1C(=O)C2=C(CCCC2)C1=O)[C@@H](C)O)[C@@H](C)O)C(=O)C[C@@H](Cc1ccc(O)cc1)C(=O)N[C@@H](CC(C)C)C(=O)C[C@@H](CC(=O)O)C(=O)N[C@H](C)CCCCN. The van der Waals surface area contributed by atoms with Gasteiger partial charge in [-0.3, -0.25) is 101 Å². The predicted molar refractivity (Wildman–Crippen MR) is 489 cm³/mol. The van der Waals surface area contributed by atoms with E-state index in [0.29, 0.717) is 60.9 Å². The van der Waals surface area contributed by atoms with Crippen molar-refractivity contribution in [3.8, 4) is 11.5 Å². The van der Waals surface area contributed by atoms with Crippen molar-refractivity contribution in [2.24, 2.45) is 59.0 Å². The number of nitrogens with zero attached hydrogens (tertiary/aromatic N) is 1. The number of imide groups is 1. The third-order valence-corrected chi connectivity index (χ3v) is 24.8. The lowest BCUT2D eigenvalue weighted by Crippen LogP contribution is -2.52. The van der Waals surface area contributed by atoms with Crippen molar-refractivity contribution in [1.29, 1.82) is 0 Å². The maximum absolute atomic E-state index is 14.9. The number of amides is 10. The zero-order chi connectivity index (χ0) is 100. The average molecular weight is 1910 g/mol. The highest BCUT2D eigenvalue weighted by Crippen LogP contribution is 2.33. The number of carbonyl (C=O) groups excluding carboxylic acids is 17. The number of rotatable bonds is 66. The normalized spacial score (nSPS) is 16.1. The summed E-state index contributed by atoms with van der Waals surface area (Å²) in [6, 6.07) is 10.4. The van der Waals surface area contributed by atoms with Gasteiger partial charge in [-0.25, -0.2) is 0 Å². The number of nitrogens with two attached hydrogens (primary N) is 1. The van der Waals surface area contributed by atoms with Gasteiger partial charge in [0.05, 0.1) is 110 Å². The third kappa shape index (κ3) is 39.2. The van der Waals surface area contributed by atoms with Gasteiger partial charge in [-0.15, -0.1) is 11.8 Å². The third-order valence-electron chi connectivity index (χ3n) is 23.8. The number of aromatic hydroxyl groups is 2. The maximum atomic E-state index is 14.9. The molecule has 0 saturated carbocycles. The van der Waals surface area contributed by atoms with Crippen LogP contribution in [-0.4, -0.2) is 268 Å². The Labute approximate surface area is 787 Å². The summed E-state index contributed by atoms with van der Waals surface area (Å²) in [5.74, 6) is -31.5. The first kappa shape index (κ1) is 114. The molecule has 742 valence electrons. The highest BCUT2D eigenvalue weighted by molar-refractivity contribution is 8.00. The fourth-order valence-electron chi connectivity index (χ4n) is 15.8. The van der Waals surface area contributed by atoms with Crippen LogP contribution in [0.2, 0.25) is 0 Å². The number of nitrogens with one attached hydrogen (secondary N) is 8. The fraction of sp³-hybridized carbons (Fsp3) is 0.579. The second-order valence-electron chi connectivity index (χ2n) is 35.4. The number of aliphatic carboxylic acids is 3. The summed E-state index contributed by atoms with van der Waals surface area (Å²) < 4.78 is 0. The zero-order valence-electron chi connectivity index (χ0n) is 77.4. The van der Waals surface area contributed by atoms with Crippen LogP contribution in [0.25, 0.3) is 0 Å². The Morgan fingerprint density at radius 2 is 0.911 bits per heavy atom. The van der Waals surface area contributed by atoms with Gasteiger partial charge in [0, 0.05) is 93.5 Å². The second kappa shape index (κ2) is 57.8. The average Bonchev–Trinajstić information content (AvgIpc) is 1.64. The van der Waals surface area contributed by atoms with Gasteiger partial charge in [0.2, 0.25) is 47.3 Å². The van der Waals surface area contributed by atoms with Gasteiger partial charge in [-0.05, 0) is 151 Å². The Hall–Kier alpha value is -11.9. The number of hydrogen-bond donors (Lipinski definition) is 18. The monoisotopic (exact) mass is 1910 g/mol. The lowest BCUT2D eigenvalue weighted by Gasteiger charge is -2.28. The maximum Gasteiger partial charge on any atom is 0.304 e. The number of phenolic OH excluding ortho intramolecular Hbond substituents is 2. The molecular formula is C95H132N10O29S. The quantitative estimate of drug-likeness (QED) is 0.0284. The number of phenols is 2. The number of carboxylic acids is 3. The van der Waals surface area contributed by atoms with E-state index >= 15 is 0 Å². The number of carboxylic acid groups (broad SMARTS) is 3. The smallest absolute Gasteiger partial charge is 0.304 e. The van der Waals surface area contributed by atoms with Crippen LogP contribution < -0.4 is 48.3 Å². The Bertz CT molecular complexity index is 4630. The van der Waals surface area contributed by atoms with E-state index in [1.54, 1.807) is 65.0 Å². The van der Waals surface area contributed by atoms with Crippen molar-refractivity contribution in [3.63, 3.8) is 0 Å². The molecule has 0 aromatic heterocycles. The molecule has 19 N–H and O–H groups in total. The first-order chi connectivity index (χ1) is 63.9. The van der Waals surface area contributed by atoms with Gasteiger partial charge >= 0.3 is 17.9 Å². The van der Waals surface area contributed by atoms with Crippen molar-refractivity contribution in [2.45, 2.75) is 245 Å². The molecule has 3 aromatic carbocycles. The first-order valence-corrected chi connectivity index (χ1v) is 46.8. The number of thioether (sulfide) groups is 1.